The number of thiol groups is 1. The van der Waals surface area contributed by atoms with Crippen molar-refractivity contribution in [3.05, 3.63) is 5.73 Å². The molecule has 0 unspecified atom stereocenters. The topological polar surface area (TPSA) is 157 Å². The van der Waals surface area contributed by atoms with Gasteiger partial charge in [-0.3, -0.25) is 19.2 Å². The molecule has 0 aromatic carbocycles. The van der Waals surface area contributed by atoms with Gasteiger partial charge in [0.1, 0.15) is 12.6 Å². The van der Waals surface area contributed by atoms with Crippen molar-refractivity contribution in [1.29, 1.82) is 0 Å². The number of carboxylic acid groups (broad SMARTS) is 2. The average Bonchev–Trinajstić information content (AvgIpc) is 2.38. The Balaban J connectivity index is 0. The fraction of sp³-hybridized carbons (Fsp3) is 0.600. The Labute approximate surface area is 141 Å². The predicted octanol–water partition coefficient (Wildman–Crippen LogP) is -1.12. The molecule has 0 aromatic heterocycles. The molecule has 0 aliphatic carbocycles. The molecule has 5 N–H and O–H groups in total. The van der Waals surface area contributed by atoms with Gasteiger partial charge >= 0.3 is 28.3 Å². The molecule has 2 amide bonds. The molecule has 0 bridgehead atoms. The third-order valence-electron chi connectivity index (χ3n) is 2.21. The summed E-state index contributed by atoms with van der Waals surface area (Å²) in [5, 5.41) is 21.3. The van der Waals surface area contributed by atoms with Crippen molar-refractivity contribution in [3.8, 4) is 0 Å². The zero-order valence-electron chi connectivity index (χ0n) is 10.8. The second-order valence-electron chi connectivity index (χ2n) is 3.84. The van der Waals surface area contributed by atoms with Gasteiger partial charge in [0.15, 0.2) is 0 Å². The molecule has 9 nitrogen and oxygen atoms in total. The van der Waals surface area contributed by atoms with Gasteiger partial charge in [-0.25, -0.2) is 0 Å². The summed E-state index contributed by atoms with van der Waals surface area (Å²) in [4.78, 5) is 43.6. The van der Waals surface area contributed by atoms with Gasteiger partial charge in [-0.2, -0.15) is 12.6 Å². The van der Waals surface area contributed by atoms with Gasteiger partial charge in [-0.1, -0.05) is 6.42 Å². The Hall–Kier alpha value is -1.07. The molecule has 0 saturated carbocycles. The molecule has 0 aliphatic heterocycles. The van der Waals surface area contributed by atoms with Crippen LogP contribution in [0.3, 0.4) is 0 Å². The smallest absolute Gasteiger partial charge is 0.665 e. The van der Waals surface area contributed by atoms with Gasteiger partial charge in [-0.15, -0.1) is 0 Å². The summed E-state index contributed by atoms with van der Waals surface area (Å²) in [6.45, 7) is -0.577. The number of carboxylic acids is 2. The minimum absolute atomic E-state index is 0. The molecule has 0 rings (SSSR count). The van der Waals surface area contributed by atoms with Crippen molar-refractivity contribution in [2.24, 2.45) is 0 Å². The predicted molar refractivity (Wildman–Crippen MR) is 71.4 cm³/mol. The number of hydrogen-bond donors (Lipinski definition) is 5. The van der Waals surface area contributed by atoms with Gasteiger partial charge < -0.3 is 26.6 Å². The van der Waals surface area contributed by atoms with Crippen LogP contribution >= 0.6 is 12.6 Å². The van der Waals surface area contributed by atoms with E-state index < -0.39 is 42.4 Å². The van der Waals surface area contributed by atoms with E-state index in [2.05, 4.69) is 23.3 Å². The Morgan fingerprint density at radius 1 is 1.19 bits per heavy atom. The van der Waals surface area contributed by atoms with Gasteiger partial charge in [0, 0.05) is 12.2 Å². The maximum absolute atomic E-state index is 11.5. The van der Waals surface area contributed by atoms with Gasteiger partial charge in [0.25, 0.3) is 5.97 Å². The molecular weight excluding hydrogens is 487 g/mol. The van der Waals surface area contributed by atoms with E-state index in [9.17, 15) is 19.2 Å². The van der Waals surface area contributed by atoms with Crippen molar-refractivity contribution in [2.75, 3.05) is 12.3 Å². The summed E-state index contributed by atoms with van der Waals surface area (Å²) in [6, 6.07) is -2.42. The first-order valence-corrected chi connectivity index (χ1v) is 6.24. The number of hydrogen-bond acceptors (Lipinski definition) is 5. The monoisotopic (exact) mass is 503 g/mol. The van der Waals surface area contributed by atoms with Crippen molar-refractivity contribution >= 4 is 36.4 Å². The molecule has 0 heterocycles. The number of carbonyl (C=O) groups excluding carboxylic acids is 2. The van der Waals surface area contributed by atoms with Crippen LogP contribution in [0.1, 0.15) is 12.8 Å². The van der Waals surface area contributed by atoms with Crippen LogP contribution in [0.2, 0.25) is 0 Å². The van der Waals surface area contributed by atoms with Gasteiger partial charge in [0.2, 0.25) is 11.8 Å². The van der Waals surface area contributed by atoms with Crippen LogP contribution in [0.25, 0.3) is 5.73 Å². The first kappa shape index (κ1) is 22.2. The van der Waals surface area contributed by atoms with E-state index in [1.807, 2.05) is 0 Å². The summed E-state index contributed by atoms with van der Waals surface area (Å²) in [5.41, 5.74) is 7.11. The van der Waals surface area contributed by atoms with Gasteiger partial charge in [0.05, 0.1) is 0 Å². The van der Waals surface area contributed by atoms with Crippen molar-refractivity contribution in [1.82, 2.24) is 10.6 Å². The molecule has 2 atom stereocenters. The van der Waals surface area contributed by atoms with E-state index in [1.54, 1.807) is 0 Å². The van der Waals surface area contributed by atoms with Crippen LogP contribution in [-0.4, -0.2) is 58.3 Å². The quantitative estimate of drug-likeness (QED) is 0.198. The summed E-state index contributed by atoms with van der Waals surface area (Å²) in [5.74, 6) is -3.89. The van der Waals surface area contributed by atoms with Crippen LogP contribution < -0.4 is 10.6 Å². The number of amides is 2. The van der Waals surface area contributed by atoms with Crippen LogP contribution in [0.15, 0.2) is 0 Å². The SMILES string of the molecule is [Au+].[NH-][C@@H](CCC(=O)N[C@@H](CS)C(=O)NCC(=O)O)C(=O)O. The minimum Gasteiger partial charge on any atom is -0.665 e. The maximum atomic E-state index is 11.5. The largest absolute Gasteiger partial charge is 1.00 e. The number of nitrogens with one attached hydrogen (secondary N) is 3. The van der Waals surface area contributed by atoms with Crippen LogP contribution in [0.5, 0.6) is 0 Å². The molecule has 0 radical (unpaired) electrons. The zero-order chi connectivity index (χ0) is 15.7. The summed E-state index contributed by atoms with van der Waals surface area (Å²) in [6.07, 6.45) is -0.409. The molecule has 11 heteroatoms. The molecule has 21 heavy (non-hydrogen) atoms. The maximum Gasteiger partial charge on any atom is 1.00 e. The van der Waals surface area contributed by atoms with Crippen molar-refractivity contribution < 1.29 is 51.8 Å². The molecular formula is C10H16AuN3O6S. The number of carbonyl (C=O) groups is 4. The molecule has 124 valence electrons. The molecule has 0 saturated heterocycles. The fourth-order valence-corrected chi connectivity index (χ4v) is 1.40. The zero-order valence-corrected chi connectivity index (χ0v) is 13.8. The fourth-order valence-electron chi connectivity index (χ4n) is 1.15. The van der Waals surface area contributed by atoms with E-state index in [1.165, 1.54) is 0 Å². The molecule has 0 fully saturated rings. The third kappa shape index (κ3) is 10.3. The van der Waals surface area contributed by atoms with E-state index in [-0.39, 0.29) is 41.0 Å². The van der Waals surface area contributed by atoms with Crippen LogP contribution in [0, 0.1) is 0 Å². The summed E-state index contributed by atoms with van der Waals surface area (Å²) >= 11 is 3.86. The second-order valence-corrected chi connectivity index (χ2v) is 4.21. The Morgan fingerprint density at radius 3 is 2.19 bits per heavy atom. The first-order chi connectivity index (χ1) is 9.27. The average molecular weight is 503 g/mol. The van der Waals surface area contributed by atoms with Gasteiger partial charge in [-0.05, 0) is 6.04 Å². The van der Waals surface area contributed by atoms with Crippen LogP contribution in [0.4, 0.5) is 0 Å². The number of rotatable bonds is 9. The van der Waals surface area contributed by atoms with Crippen molar-refractivity contribution in [3.63, 3.8) is 0 Å². The summed E-state index contributed by atoms with van der Waals surface area (Å²) < 4.78 is 0. The third-order valence-corrected chi connectivity index (χ3v) is 2.57. The van der Waals surface area contributed by atoms with E-state index in [4.69, 9.17) is 15.9 Å². The summed E-state index contributed by atoms with van der Waals surface area (Å²) in [7, 11) is 0. The Bertz CT molecular complexity index is 395. The Morgan fingerprint density at radius 2 is 1.76 bits per heavy atom. The van der Waals surface area contributed by atoms with Crippen molar-refractivity contribution in [2.45, 2.75) is 24.9 Å². The molecule has 0 spiro atoms. The Kier molecular flexibility index (Phi) is 12.2. The molecule has 0 aliphatic rings. The standard InChI is InChI=1S/C10H16N3O6S.Au/c11-5(10(18)19)1-2-7(14)13-6(4-20)9(17)12-3-8(15)16;/h5-6,11,20H,1-4H2,(H,12,17)(H,13,14)(H,15,16)(H,18,19);/q-1;+1/t5-,6-;/m0./s1. The normalized spacial score (nSPS) is 12.5. The minimum atomic E-state index is -1.41. The van der Waals surface area contributed by atoms with E-state index >= 15 is 0 Å². The second kappa shape index (κ2) is 11.6. The van der Waals surface area contributed by atoms with E-state index in [0.29, 0.717) is 0 Å². The number of aliphatic carboxylic acids is 2. The van der Waals surface area contributed by atoms with Crippen LogP contribution in [-0.2, 0) is 41.6 Å². The molecule has 0 aromatic rings. The first-order valence-electron chi connectivity index (χ1n) is 5.61. The van der Waals surface area contributed by atoms with E-state index in [0.717, 1.165) is 0 Å².